The van der Waals surface area contributed by atoms with Crippen LogP contribution in [0.4, 0.5) is 11.5 Å². The van der Waals surface area contributed by atoms with E-state index in [4.69, 9.17) is 0 Å². The van der Waals surface area contributed by atoms with Crippen molar-refractivity contribution in [2.24, 2.45) is 0 Å². The number of carbonyl (C=O) groups is 1. The molecule has 0 spiro atoms. The number of hydrogen-bond donors (Lipinski definition) is 1. The Morgan fingerprint density at radius 2 is 1.85 bits per heavy atom. The molecule has 0 atom stereocenters. The molecular formula is C16H11BrN2O. The molecule has 1 N–H and O–H groups in total. The molecule has 3 rings (SSSR count). The summed E-state index contributed by atoms with van der Waals surface area (Å²) in [6, 6.07) is 15.3. The summed E-state index contributed by atoms with van der Waals surface area (Å²) in [7, 11) is 0. The van der Waals surface area contributed by atoms with Crippen LogP contribution in [0.2, 0.25) is 0 Å². The number of hydrogen-bond acceptors (Lipinski definition) is 3. The molecule has 0 bridgehead atoms. The molecule has 0 fully saturated rings. The molecule has 2 aromatic carbocycles. The normalized spacial score (nSPS) is 10.4. The fourth-order valence-electron chi connectivity index (χ4n) is 2.02. The zero-order chi connectivity index (χ0) is 13.9. The number of pyridine rings is 1. The van der Waals surface area contributed by atoms with Gasteiger partial charge >= 0.3 is 0 Å². The molecule has 3 aromatic rings. The van der Waals surface area contributed by atoms with E-state index in [1.165, 1.54) is 0 Å². The van der Waals surface area contributed by atoms with E-state index in [-0.39, 0.29) is 0 Å². The van der Waals surface area contributed by atoms with Gasteiger partial charge in [0.15, 0.2) is 0 Å². The van der Waals surface area contributed by atoms with Crippen LogP contribution in [0.3, 0.4) is 0 Å². The Kier molecular flexibility index (Phi) is 3.48. The summed E-state index contributed by atoms with van der Waals surface area (Å²) >= 11 is 3.48. The van der Waals surface area contributed by atoms with Gasteiger partial charge in [-0.2, -0.15) is 0 Å². The van der Waals surface area contributed by atoms with Crippen LogP contribution in [0.1, 0.15) is 10.4 Å². The number of aldehydes is 1. The highest BCUT2D eigenvalue weighted by atomic mass is 79.9. The fraction of sp³-hybridized carbons (Fsp3) is 0. The standard InChI is InChI=1S/C16H11BrN2O/c17-13-4-3-12-7-8-18-16(15(12)9-13)19-14-5-1-11(10-20)2-6-14/h1-10H,(H,18,19). The Balaban J connectivity index is 2.01. The van der Waals surface area contributed by atoms with Gasteiger partial charge in [0.1, 0.15) is 12.1 Å². The second kappa shape index (κ2) is 5.43. The summed E-state index contributed by atoms with van der Waals surface area (Å²) in [5.74, 6) is 0.794. The van der Waals surface area contributed by atoms with E-state index in [0.717, 1.165) is 33.0 Å². The van der Waals surface area contributed by atoms with Crippen molar-refractivity contribution >= 4 is 44.5 Å². The van der Waals surface area contributed by atoms with E-state index < -0.39 is 0 Å². The van der Waals surface area contributed by atoms with Crippen LogP contribution >= 0.6 is 15.9 Å². The lowest BCUT2D eigenvalue weighted by atomic mass is 10.1. The Bertz CT molecular complexity index is 769. The van der Waals surface area contributed by atoms with Crippen LogP contribution in [-0.4, -0.2) is 11.3 Å². The monoisotopic (exact) mass is 326 g/mol. The molecule has 1 aromatic heterocycles. The number of benzene rings is 2. The molecule has 0 radical (unpaired) electrons. The van der Waals surface area contributed by atoms with E-state index in [0.29, 0.717) is 5.56 Å². The summed E-state index contributed by atoms with van der Waals surface area (Å²) in [6.07, 6.45) is 2.61. The summed E-state index contributed by atoms with van der Waals surface area (Å²) in [4.78, 5) is 15.0. The van der Waals surface area contributed by atoms with E-state index in [2.05, 4.69) is 26.2 Å². The Morgan fingerprint density at radius 3 is 2.60 bits per heavy atom. The van der Waals surface area contributed by atoms with Crippen molar-refractivity contribution in [3.8, 4) is 0 Å². The van der Waals surface area contributed by atoms with Gasteiger partial charge < -0.3 is 5.32 Å². The minimum Gasteiger partial charge on any atom is -0.340 e. The van der Waals surface area contributed by atoms with Crippen molar-refractivity contribution in [3.05, 3.63) is 64.8 Å². The largest absolute Gasteiger partial charge is 0.340 e. The zero-order valence-corrected chi connectivity index (χ0v) is 12.1. The molecule has 0 saturated heterocycles. The SMILES string of the molecule is O=Cc1ccc(Nc2nccc3ccc(Br)cc23)cc1. The Morgan fingerprint density at radius 1 is 1.05 bits per heavy atom. The number of rotatable bonds is 3. The predicted octanol–water partition coefficient (Wildman–Crippen LogP) is 4.55. The average molecular weight is 327 g/mol. The van der Waals surface area contributed by atoms with Gasteiger partial charge in [-0.3, -0.25) is 4.79 Å². The van der Waals surface area contributed by atoms with Crippen molar-refractivity contribution in [1.29, 1.82) is 0 Å². The number of nitrogens with zero attached hydrogens (tertiary/aromatic N) is 1. The van der Waals surface area contributed by atoms with Crippen molar-refractivity contribution in [1.82, 2.24) is 4.98 Å². The molecule has 0 saturated carbocycles. The molecule has 0 aliphatic carbocycles. The van der Waals surface area contributed by atoms with E-state index in [9.17, 15) is 4.79 Å². The number of anilines is 2. The molecular weight excluding hydrogens is 316 g/mol. The quantitative estimate of drug-likeness (QED) is 0.718. The molecule has 0 amide bonds. The minimum absolute atomic E-state index is 0.657. The number of fused-ring (bicyclic) bond motifs is 1. The van der Waals surface area contributed by atoms with Crippen LogP contribution in [-0.2, 0) is 0 Å². The summed E-state index contributed by atoms with van der Waals surface area (Å²) < 4.78 is 1.01. The molecule has 0 aliphatic heterocycles. The number of halogens is 1. The molecule has 20 heavy (non-hydrogen) atoms. The molecule has 98 valence electrons. The van der Waals surface area contributed by atoms with Gasteiger partial charge in [-0.25, -0.2) is 4.98 Å². The van der Waals surface area contributed by atoms with Crippen LogP contribution in [0.5, 0.6) is 0 Å². The topological polar surface area (TPSA) is 42.0 Å². The molecule has 3 nitrogen and oxygen atoms in total. The van der Waals surface area contributed by atoms with E-state index >= 15 is 0 Å². The Labute approximate surface area is 124 Å². The minimum atomic E-state index is 0.657. The number of aromatic nitrogens is 1. The van der Waals surface area contributed by atoms with Crippen molar-refractivity contribution in [2.75, 3.05) is 5.32 Å². The average Bonchev–Trinajstić information content (AvgIpc) is 2.49. The maximum atomic E-state index is 10.7. The zero-order valence-electron chi connectivity index (χ0n) is 10.5. The highest BCUT2D eigenvalue weighted by molar-refractivity contribution is 9.10. The van der Waals surface area contributed by atoms with Gasteiger partial charge in [0, 0.05) is 27.3 Å². The maximum absolute atomic E-state index is 10.7. The lowest BCUT2D eigenvalue weighted by molar-refractivity contribution is 0.112. The molecule has 1 heterocycles. The summed E-state index contributed by atoms with van der Waals surface area (Å²) in [6.45, 7) is 0. The third-order valence-electron chi connectivity index (χ3n) is 3.04. The third kappa shape index (κ3) is 2.56. The first kappa shape index (κ1) is 12.8. The van der Waals surface area contributed by atoms with Crippen LogP contribution in [0.15, 0.2) is 59.2 Å². The predicted molar refractivity (Wildman–Crippen MR) is 84.6 cm³/mol. The van der Waals surface area contributed by atoms with Gasteiger partial charge in [-0.15, -0.1) is 0 Å². The highest BCUT2D eigenvalue weighted by Gasteiger charge is 2.03. The lowest BCUT2D eigenvalue weighted by Gasteiger charge is -2.09. The summed E-state index contributed by atoms with van der Waals surface area (Å²) in [5, 5.41) is 5.44. The van der Waals surface area contributed by atoms with Crippen LogP contribution in [0, 0.1) is 0 Å². The third-order valence-corrected chi connectivity index (χ3v) is 3.53. The van der Waals surface area contributed by atoms with Gasteiger partial charge in [-0.1, -0.05) is 22.0 Å². The van der Waals surface area contributed by atoms with Gasteiger partial charge in [0.25, 0.3) is 0 Å². The van der Waals surface area contributed by atoms with Gasteiger partial charge in [0.05, 0.1) is 0 Å². The van der Waals surface area contributed by atoms with Gasteiger partial charge in [-0.05, 0) is 47.9 Å². The van der Waals surface area contributed by atoms with Crippen molar-refractivity contribution in [2.45, 2.75) is 0 Å². The van der Waals surface area contributed by atoms with Crippen LogP contribution < -0.4 is 5.32 Å². The first-order chi connectivity index (χ1) is 9.76. The molecule has 4 heteroatoms. The number of nitrogens with one attached hydrogen (secondary N) is 1. The fourth-order valence-corrected chi connectivity index (χ4v) is 2.38. The lowest BCUT2D eigenvalue weighted by Crippen LogP contribution is -1.94. The van der Waals surface area contributed by atoms with E-state index in [1.54, 1.807) is 18.3 Å². The first-order valence-corrected chi connectivity index (χ1v) is 6.92. The second-order valence-electron chi connectivity index (χ2n) is 4.39. The smallest absolute Gasteiger partial charge is 0.150 e. The van der Waals surface area contributed by atoms with Crippen molar-refractivity contribution in [3.63, 3.8) is 0 Å². The van der Waals surface area contributed by atoms with E-state index in [1.807, 2.05) is 36.4 Å². The first-order valence-electron chi connectivity index (χ1n) is 6.13. The van der Waals surface area contributed by atoms with Crippen molar-refractivity contribution < 1.29 is 4.79 Å². The molecule has 0 aliphatic rings. The maximum Gasteiger partial charge on any atom is 0.150 e. The molecule has 0 unspecified atom stereocenters. The van der Waals surface area contributed by atoms with Gasteiger partial charge in [0.2, 0.25) is 0 Å². The highest BCUT2D eigenvalue weighted by Crippen LogP contribution is 2.27. The Hall–Kier alpha value is -2.20. The summed E-state index contributed by atoms with van der Waals surface area (Å²) in [5.41, 5.74) is 1.56. The second-order valence-corrected chi connectivity index (χ2v) is 5.31. The van der Waals surface area contributed by atoms with Crippen LogP contribution in [0.25, 0.3) is 10.8 Å². The number of carbonyl (C=O) groups excluding carboxylic acids is 1.